The number of alkyl halides is 6. The number of ether oxygens (including phenoxy) is 1. The van der Waals surface area contributed by atoms with Crippen LogP contribution < -0.4 is 0 Å². The molecule has 0 N–H and O–H groups in total. The summed E-state index contributed by atoms with van der Waals surface area (Å²) in [4.78, 5) is 28.6. The number of piperidine rings is 1. The Morgan fingerprint density at radius 2 is 1.63 bits per heavy atom. The number of amides is 2. The van der Waals surface area contributed by atoms with Gasteiger partial charge in [-0.15, -0.1) is 0 Å². The molecule has 0 saturated carbocycles. The van der Waals surface area contributed by atoms with E-state index in [1.807, 2.05) is 0 Å². The first-order chi connectivity index (χ1) is 17.6. The van der Waals surface area contributed by atoms with Crippen molar-refractivity contribution in [3.63, 3.8) is 0 Å². The van der Waals surface area contributed by atoms with Gasteiger partial charge in [0, 0.05) is 45.6 Å². The lowest BCUT2D eigenvalue weighted by atomic mass is 9.78. The van der Waals surface area contributed by atoms with Crippen molar-refractivity contribution in [2.24, 2.45) is 5.92 Å². The van der Waals surface area contributed by atoms with E-state index < -0.39 is 53.6 Å². The molecule has 0 aliphatic carbocycles. The van der Waals surface area contributed by atoms with Gasteiger partial charge in [-0.1, -0.05) is 6.07 Å². The minimum absolute atomic E-state index is 0.0331. The maximum atomic E-state index is 13.8. The second kappa shape index (κ2) is 11.3. The second-order valence-corrected chi connectivity index (χ2v) is 9.38. The molecule has 208 valence electrons. The Morgan fingerprint density at radius 1 is 1.03 bits per heavy atom. The van der Waals surface area contributed by atoms with Gasteiger partial charge in [-0.25, -0.2) is 4.39 Å². The highest BCUT2D eigenvalue weighted by Crippen LogP contribution is 2.38. The Balaban J connectivity index is 1.92. The zero-order chi connectivity index (χ0) is 28.4. The summed E-state index contributed by atoms with van der Waals surface area (Å²) in [7, 11) is 2.66. The zero-order valence-electron chi connectivity index (χ0n) is 20.9. The van der Waals surface area contributed by atoms with Crippen molar-refractivity contribution >= 4 is 11.8 Å². The van der Waals surface area contributed by atoms with Crippen LogP contribution in [0, 0.1) is 18.7 Å². The van der Waals surface area contributed by atoms with Gasteiger partial charge in [-0.2, -0.15) is 26.3 Å². The molecule has 0 spiro atoms. The minimum atomic E-state index is -5.01. The second-order valence-electron chi connectivity index (χ2n) is 9.38. The van der Waals surface area contributed by atoms with E-state index in [9.17, 15) is 40.3 Å². The van der Waals surface area contributed by atoms with Crippen molar-refractivity contribution in [1.82, 2.24) is 9.80 Å². The largest absolute Gasteiger partial charge is 0.416 e. The van der Waals surface area contributed by atoms with Crippen LogP contribution in [0.3, 0.4) is 0 Å². The number of hydrogen-bond acceptors (Lipinski definition) is 3. The predicted octanol–water partition coefficient (Wildman–Crippen LogP) is 5.41. The Hall–Kier alpha value is -3.15. The highest BCUT2D eigenvalue weighted by atomic mass is 19.4. The average molecular weight is 548 g/mol. The molecule has 1 aliphatic rings. The molecule has 2 amide bonds. The molecule has 2 atom stereocenters. The molecule has 1 aliphatic heterocycles. The van der Waals surface area contributed by atoms with E-state index in [1.54, 1.807) is 6.92 Å². The number of methoxy groups -OCH3 is 1. The molecular weight excluding hydrogens is 521 g/mol. The van der Waals surface area contributed by atoms with Gasteiger partial charge in [0.25, 0.3) is 0 Å². The van der Waals surface area contributed by atoms with Crippen LogP contribution in [0.2, 0.25) is 0 Å². The van der Waals surface area contributed by atoms with E-state index in [4.69, 9.17) is 4.74 Å². The average Bonchev–Trinajstić information content (AvgIpc) is 2.82. The Labute approximate surface area is 215 Å². The maximum Gasteiger partial charge on any atom is 0.416 e. The van der Waals surface area contributed by atoms with Crippen LogP contribution in [0.4, 0.5) is 30.7 Å². The first-order valence-electron chi connectivity index (χ1n) is 11.7. The van der Waals surface area contributed by atoms with Gasteiger partial charge < -0.3 is 14.5 Å². The fourth-order valence-electron chi connectivity index (χ4n) is 4.80. The van der Waals surface area contributed by atoms with Gasteiger partial charge in [0.1, 0.15) is 12.4 Å². The Morgan fingerprint density at radius 3 is 2.16 bits per heavy atom. The van der Waals surface area contributed by atoms with Crippen LogP contribution in [0.25, 0.3) is 0 Å². The molecule has 1 heterocycles. The number of likely N-dealkylation sites (tertiary alicyclic amines) is 1. The summed E-state index contributed by atoms with van der Waals surface area (Å²) in [5.41, 5.74) is -2.10. The van der Waals surface area contributed by atoms with Gasteiger partial charge in [-0.3, -0.25) is 9.59 Å². The topological polar surface area (TPSA) is 49.9 Å². The molecule has 5 nitrogen and oxygen atoms in total. The number of hydrogen-bond donors (Lipinski definition) is 0. The predicted molar refractivity (Wildman–Crippen MR) is 123 cm³/mol. The van der Waals surface area contributed by atoms with Crippen molar-refractivity contribution in [3.8, 4) is 0 Å². The van der Waals surface area contributed by atoms with E-state index in [1.165, 1.54) is 37.3 Å². The summed E-state index contributed by atoms with van der Waals surface area (Å²) in [6.45, 7) is 1.29. The summed E-state index contributed by atoms with van der Waals surface area (Å²) in [5, 5.41) is 0. The monoisotopic (exact) mass is 548 g/mol. The fourth-order valence-corrected chi connectivity index (χ4v) is 4.80. The van der Waals surface area contributed by atoms with Crippen molar-refractivity contribution in [2.75, 3.05) is 33.9 Å². The van der Waals surface area contributed by atoms with Crippen molar-refractivity contribution in [1.29, 1.82) is 0 Å². The number of nitrogens with zero attached hydrogens (tertiary/aromatic N) is 2. The van der Waals surface area contributed by atoms with Crippen molar-refractivity contribution in [3.05, 3.63) is 70.0 Å². The lowest BCUT2D eigenvalue weighted by Crippen LogP contribution is -2.48. The smallest absolute Gasteiger partial charge is 0.375 e. The normalized spacial score (nSPS) is 18.4. The summed E-state index contributed by atoms with van der Waals surface area (Å²) in [6.07, 6.45) is -9.83. The molecule has 0 radical (unpaired) electrons. The maximum absolute atomic E-state index is 13.8. The number of carbonyl (C=O) groups excluding carboxylic acids is 2. The minimum Gasteiger partial charge on any atom is -0.375 e. The first-order valence-corrected chi connectivity index (χ1v) is 11.7. The van der Waals surface area contributed by atoms with Crippen LogP contribution in [0.1, 0.15) is 40.2 Å². The Bertz CT molecular complexity index is 1150. The number of halogens is 7. The van der Waals surface area contributed by atoms with Crippen molar-refractivity contribution < 1.29 is 45.1 Å². The molecule has 2 unspecified atom stereocenters. The summed E-state index contributed by atoms with van der Waals surface area (Å²) in [5.74, 6) is -2.63. The van der Waals surface area contributed by atoms with Crippen LogP contribution in [-0.4, -0.2) is 55.5 Å². The van der Waals surface area contributed by atoms with Crippen LogP contribution in [0.5, 0.6) is 0 Å². The van der Waals surface area contributed by atoms with E-state index >= 15 is 0 Å². The Kier molecular flexibility index (Phi) is 8.75. The molecule has 12 heteroatoms. The lowest BCUT2D eigenvalue weighted by molar-refractivity contribution is -0.143. The van der Waals surface area contributed by atoms with Gasteiger partial charge in [0.05, 0.1) is 11.1 Å². The number of rotatable bonds is 6. The molecule has 3 rings (SSSR count). The number of benzene rings is 2. The molecule has 2 aromatic carbocycles. The van der Waals surface area contributed by atoms with Gasteiger partial charge in [-0.05, 0) is 60.4 Å². The van der Waals surface area contributed by atoms with E-state index in [0.717, 1.165) is 4.90 Å². The molecule has 2 aromatic rings. The first kappa shape index (κ1) is 29.4. The molecule has 0 aromatic heterocycles. The highest BCUT2D eigenvalue weighted by molar-refractivity contribution is 5.81. The number of carbonyl (C=O) groups is 2. The third-order valence-corrected chi connectivity index (χ3v) is 6.63. The van der Waals surface area contributed by atoms with Crippen LogP contribution in [-0.2, 0) is 33.2 Å². The molecule has 1 fully saturated rings. The standard InChI is InChI=1S/C26H27F7N2O3/c1-15-8-19(27)4-5-20(15)22-13-35(23(36)14-38-3)7-6-21(22)24(37)34(2)12-16-9-17(25(28,29)30)11-18(10-16)26(31,32)33/h4-5,8-11,21-22H,6-7,12-14H2,1-3H3. The number of aryl methyl sites for hydroxylation is 1. The molecule has 1 saturated heterocycles. The summed E-state index contributed by atoms with van der Waals surface area (Å²) >= 11 is 0. The van der Waals surface area contributed by atoms with Crippen LogP contribution in [0.15, 0.2) is 36.4 Å². The molecule has 38 heavy (non-hydrogen) atoms. The third-order valence-electron chi connectivity index (χ3n) is 6.63. The van der Waals surface area contributed by atoms with E-state index in [0.29, 0.717) is 23.3 Å². The SMILES string of the molecule is COCC(=O)N1CCC(C(=O)N(C)Cc2cc(C(F)(F)F)cc(C(F)(F)F)c2)C(c2ccc(F)cc2C)C1. The summed E-state index contributed by atoms with van der Waals surface area (Å²) in [6, 6.07) is 5.25. The summed E-state index contributed by atoms with van der Waals surface area (Å²) < 4.78 is 98.3. The fraction of sp³-hybridized carbons (Fsp3) is 0.462. The van der Waals surface area contributed by atoms with E-state index in [2.05, 4.69) is 0 Å². The van der Waals surface area contributed by atoms with Gasteiger partial charge in [0.2, 0.25) is 11.8 Å². The molecular formula is C26H27F7N2O3. The lowest BCUT2D eigenvalue weighted by Gasteiger charge is -2.40. The van der Waals surface area contributed by atoms with Gasteiger partial charge >= 0.3 is 12.4 Å². The third kappa shape index (κ3) is 6.83. The zero-order valence-corrected chi connectivity index (χ0v) is 20.9. The van der Waals surface area contributed by atoms with Gasteiger partial charge in [0.15, 0.2) is 0 Å². The highest BCUT2D eigenvalue weighted by Gasteiger charge is 2.40. The molecule has 0 bridgehead atoms. The van der Waals surface area contributed by atoms with Crippen molar-refractivity contribution in [2.45, 2.75) is 38.2 Å². The quantitative estimate of drug-likeness (QED) is 0.454. The van der Waals surface area contributed by atoms with E-state index in [-0.39, 0.29) is 43.7 Å². The van der Waals surface area contributed by atoms with Crippen LogP contribution >= 0.6 is 0 Å².